The van der Waals surface area contributed by atoms with Gasteiger partial charge in [-0.25, -0.2) is 4.98 Å². The van der Waals surface area contributed by atoms with Crippen molar-refractivity contribution >= 4 is 17.5 Å². The van der Waals surface area contributed by atoms with Gasteiger partial charge in [0.15, 0.2) is 0 Å². The number of rotatable bonds is 3. The number of para-hydroxylation sites is 1. The van der Waals surface area contributed by atoms with Crippen molar-refractivity contribution in [2.45, 2.75) is 32.4 Å². The molecule has 3 saturated heterocycles. The average molecular weight is 367 g/mol. The number of nitrogens with zero attached hydrogens (tertiary/aromatic N) is 3. The largest absolute Gasteiger partial charge is 0.348 e. The molecular weight excluding hydrogens is 342 g/mol. The maximum absolute atomic E-state index is 12.8. The van der Waals surface area contributed by atoms with E-state index in [1.54, 1.807) is 23.4 Å². The molecule has 142 valence electrons. The summed E-state index contributed by atoms with van der Waals surface area (Å²) in [6, 6.07) is 9.20. The van der Waals surface area contributed by atoms with Crippen LogP contribution in [0.5, 0.6) is 0 Å². The second-order valence-corrected chi connectivity index (χ2v) is 7.54. The van der Waals surface area contributed by atoms with Crippen LogP contribution in [0.25, 0.3) is 0 Å². The van der Waals surface area contributed by atoms with Crippen molar-refractivity contribution in [3.05, 3.63) is 48.0 Å². The van der Waals surface area contributed by atoms with Gasteiger partial charge in [0.2, 0.25) is 0 Å². The summed E-state index contributed by atoms with van der Waals surface area (Å²) < 4.78 is 0. The van der Waals surface area contributed by atoms with Crippen LogP contribution in [0.3, 0.4) is 0 Å². The van der Waals surface area contributed by atoms with Crippen LogP contribution in [0.4, 0.5) is 5.69 Å². The molecule has 3 aliphatic rings. The molecule has 2 aromatic rings. The molecule has 2 atom stereocenters. The van der Waals surface area contributed by atoms with Crippen molar-refractivity contribution in [1.29, 1.82) is 0 Å². The highest BCUT2D eigenvalue weighted by Crippen LogP contribution is 2.29. The molecule has 2 amide bonds. The predicted molar refractivity (Wildman–Crippen MR) is 102 cm³/mol. The molecule has 5 rings (SSSR count). The second kappa shape index (κ2) is 7.52. The lowest BCUT2D eigenvalue weighted by atomic mass is 9.95. The molecule has 2 bridgehead atoms. The fourth-order valence-corrected chi connectivity index (χ4v) is 4.15. The zero-order chi connectivity index (χ0) is 18.8. The van der Waals surface area contributed by atoms with Gasteiger partial charge in [-0.05, 0) is 37.8 Å². The van der Waals surface area contributed by atoms with Gasteiger partial charge in [-0.3, -0.25) is 14.5 Å². The Morgan fingerprint density at radius 1 is 1.19 bits per heavy atom. The number of aromatic amines is 1. The third-order valence-corrected chi connectivity index (χ3v) is 5.58. The molecule has 2 N–H and O–H groups in total. The summed E-state index contributed by atoms with van der Waals surface area (Å²) in [6.45, 7) is 5.18. The van der Waals surface area contributed by atoms with E-state index in [0.717, 1.165) is 43.9 Å². The minimum atomic E-state index is -0.552. The average Bonchev–Trinajstić information content (AvgIpc) is 2.89. The molecule has 1 aromatic carbocycles. The standard InChI is InChI=1S/C20H25N5O2/c1-14-18(22-13-21-14)12-24-9-15-7-8-17(11-24)25(10-15)20(27)19(26)23-16-5-3-2-4-6-16/h2-6,13,15,17H,7-12H2,1H3,(H,21,22)(H,23,26)/t15-,17+/m1/s1. The Hall–Kier alpha value is -2.67. The molecule has 1 aromatic heterocycles. The molecule has 0 unspecified atom stereocenters. The first-order valence-corrected chi connectivity index (χ1v) is 9.48. The summed E-state index contributed by atoms with van der Waals surface area (Å²) >= 11 is 0. The maximum atomic E-state index is 12.8. The lowest BCUT2D eigenvalue weighted by Crippen LogP contribution is -2.51. The number of anilines is 1. The summed E-state index contributed by atoms with van der Waals surface area (Å²) in [7, 11) is 0. The monoisotopic (exact) mass is 367 g/mol. The number of carbonyl (C=O) groups is 2. The van der Waals surface area contributed by atoms with Gasteiger partial charge in [0, 0.05) is 43.6 Å². The fourth-order valence-electron chi connectivity index (χ4n) is 4.15. The smallest absolute Gasteiger partial charge is 0.313 e. The molecule has 0 spiro atoms. The minimum absolute atomic E-state index is 0.0806. The number of H-pyrrole nitrogens is 1. The van der Waals surface area contributed by atoms with Gasteiger partial charge in [0.05, 0.1) is 12.0 Å². The first-order chi connectivity index (χ1) is 13.1. The van der Waals surface area contributed by atoms with Crippen LogP contribution in [-0.4, -0.2) is 57.3 Å². The number of benzene rings is 1. The quantitative estimate of drug-likeness (QED) is 0.811. The van der Waals surface area contributed by atoms with Crippen LogP contribution in [-0.2, 0) is 16.1 Å². The van der Waals surface area contributed by atoms with E-state index in [1.165, 1.54) is 0 Å². The van der Waals surface area contributed by atoms with Gasteiger partial charge in [-0.15, -0.1) is 0 Å². The van der Waals surface area contributed by atoms with Crippen molar-refractivity contribution in [2.75, 3.05) is 25.0 Å². The minimum Gasteiger partial charge on any atom is -0.348 e. The number of piperidine rings is 1. The Morgan fingerprint density at radius 2 is 2.00 bits per heavy atom. The first kappa shape index (κ1) is 17.7. The number of hydrogen-bond acceptors (Lipinski definition) is 4. The Kier molecular flexibility index (Phi) is 4.94. The van der Waals surface area contributed by atoms with Crippen LogP contribution < -0.4 is 5.32 Å². The van der Waals surface area contributed by atoms with E-state index < -0.39 is 11.8 Å². The number of carbonyl (C=O) groups excluding carboxylic acids is 2. The van der Waals surface area contributed by atoms with Crippen LogP contribution >= 0.6 is 0 Å². The Bertz CT molecular complexity index is 819. The molecule has 7 heteroatoms. The zero-order valence-electron chi connectivity index (χ0n) is 15.5. The van der Waals surface area contributed by atoms with Gasteiger partial charge in [0.25, 0.3) is 0 Å². The molecule has 3 aliphatic heterocycles. The highest BCUT2D eigenvalue weighted by molar-refractivity contribution is 6.39. The number of aryl methyl sites for hydroxylation is 1. The molecule has 7 nitrogen and oxygen atoms in total. The van der Waals surface area contributed by atoms with Crippen LogP contribution in [0, 0.1) is 12.8 Å². The van der Waals surface area contributed by atoms with Crippen LogP contribution in [0.2, 0.25) is 0 Å². The number of fused-ring (bicyclic) bond motifs is 4. The first-order valence-electron chi connectivity index (χ1n) is 9.48. The van der Waals surface area contributed by atoms with Gasteiger partial charge < -0.3 is 15.2 Å². The van der Waals surface area contributed by atoms with Crippen LogP contribution in [0.1, 0.15) is 24.2 Å². The SMILES string of the molecule is Cc1[nH]cnc1CN1C[C@H]2CC[C@@H](C1)N(C(=O)C(=O)Nc1ccccc1)C2. The lowest BCUT2D eigenvalue weighted by molar-refractivity contribution is -0.146. The second-order valence-electron chi connectivity index (χ2n) is 7.54. The molecule has 27 heavy (non-hydrogen) atoms. The van der Waals surface area contributed by atoms with Gasteiger partial charge in [-0.1, -0.05) is 18.2 Å². The summed E-state index contributed by atoms with van der Waals surface area (Å²) in [4.78, 5) is 36.9. The van der Waals surface area contributed by atoms with E-state index in [4.69, 9.17) is 0 Å². The van der Waals surface area contributed by atoms with E-state index in [2.05, 4.69) is 20.2 Å². The van der Waals surface area contributed by atoms with E-state index in [1.807, 2.05) is 25.1 Å². The van der Waals surface area contributed by atoms with Gasteiger partial charge in [-0.2, -0.15) is 0 Å². The Labute approximate surface area is 158 Å². The van der Waals surface area contributed by atoms with E-state index in [0.29, 0.717) is 18.2 Å². The molecule has 3 fully saturated rings. The summed E-state index contributed by atoms with van der Waals surface area (Å²) in [5.74, 6) is -0.578. The summed E-state index contributed by atoms with van der Waals surface area (Å²) in [6.07, 6.45) is 3.77. The van der Waals surface area contributed by atoms with Crippen molar-refractivity contribution < 1.29 is 9.59 Å². The summed E-state index contributed by atoms with van der Waals surface area (Å²) in [5.41, 5.74) is 2.78. The third-order valence-electron chi connectivity index (χ3n) is 5.58. The Morgan fingerprint density at radius 3 is 2.74 bits per heavy atom. The van der Waals surface area contributed by atoms with Crippen LogP contribution in [0.15, 0.2) is 36.7 Å². The molecule has 0 saturated carbocycles. The topological polar surface area (TPSA) is 81.3 Å². The normalized spacial score (nSPS) is 22.5. The zero-order valence-corrected chi connectivity index (χ0v) is 15.5. The number of nitrogens with one attached hydrogen (secondary N) is 2. The number of hydrogen-bond donors (Lipinski definition) is 2. The fraction of sp³-hybridized carbons (Fsp3) is 0.450. The molecule has 0 aliphatic carbocycles. The predicted octanol–water partition coefficient (Wildman–Crippen LogP) is 1.78. The molecule has 4 heterocycles. The van der Waals surface area contributed by atoms with E-state index in [9.17, 15) is 9.59 Å². The van der Waals surface area contributed by atoms with Gasteiger partial charge >= 0.3 is 11.8 Å². The summed E-state index contributed by atoms with van der Waals surface area (Å²) in [5, 5.41) is 2.72. The highest BCUT2D eigenvalue weighted by atomic mass is 16.2. The lowest BCUT2D eigenvalue weighted by Gasteiger charge is -2.35. The molecule has 0 radical (unpaired) electrons. The van der Waals surface area contributed by atoms with Crippen molar-refractivity contribution in [1.82, 2.24) is 19.8 Å². The van der Waals surface area contributed by atoms with Crippen molar-refractivity contribution in [3.63, 3.8) is 0 Å². The Balaban J connectivity index is 1.43. The number of amides is 2. The highest BCUT2D eigenvalue weighted by Gasteiger charge is 2.39. The molecular formula is C20H25N5O2. The maximum Gasteiger partial charge on any atom is 0.313 e. The third kappa shape index (κ3) is 3.88. The van der Waals surface area contributed by atoms with Crippen molar-refractivity contribution in [3.8, 4) is 0 Å². The van der Waals surface area contributed by atoms with E-state index in [-0.39, 0.29) is 6.04 Å². The van der Waals surface area contributed by atoms with Crippen molar-refractivity contribution in [2.24, 2.45) is 5.92 Å². The van der Waals surface area contributed by atoms with E-state index >= 15 is 0 Å². The number of aromatic nitrogens is 2. The van der Waals surface area contributed by atoms with Gasteiger partial charge in [0.1, 0.15) is 0 Å². The number of imidazole rings is 1.